The van der Waals surface area contributed by atoms with Gasteiger partial charge in [-0.25, -0.2) is 9.48 Å². The lowest BCUT2D eigenvalue weighted by atomic mass is 9.96. The number of urea groups is 1. The maximum atomic E-state index is 12.8. The van der Waals surface area contributed by atoms with Gasteiger partial charge in [0, 0.05) is 25.8 Å². The maximum Gasteiger partial charge on any atom is 0.320 e. The van der Waals surface area contributed by atoms with Crippen LogP contribution in [0.4, 0.5) is 4.79 Å². The zero-order valence-electron chi connectivity index (χ0n) is 14.7. The second-order valence-electron chi connectivity index (χ2n) is 6.59. The molecule has 1 fully saturated rings. The first-order valence-electron chi connectivity index (χ1n) is 8.81. The summed E-state index contributed by atoms with van der Waals surface area (Å²) >= 11 is 5.88. The third-order valence-electron chi connectivity index (χ3n) is 4.99. The fraction of sp³-hybridized carbons (Fsp3) is 0.389. The number of allylic oxidation sites excluding steroid dienone is 1. The Morgan fingerprint density at radius 3 is 2.63 bits per heavy atom. The summed E-state index contributed by atoms with van der Waals surface area (Å²) in [6.07, 6.45) is 4.59. The summed E-state index contributed by atoms with van der Waals surface area (Å²) in [6, 6.07) is 5.79. The van der Waals surface area contributed by atoms with Crippen LogP contribution in [0.1, 0.15) is 24.2 Å². The van der Waals surface area contributed by atoms with Crippen molar-refractivity contribution in [1.82, 2.24) is 29.8 Å². The summed E-state index contributed by atoms with van der Waals surface area (Å²) in [7, 11) is 0. The molecule has 138 valence electrons. The summed E-state index contributed by atoms with van der Waals surface area (Å²) in [6.45, 7) is 3.03. The Labute approximate surface area is 161 Å². The monoisotopic (exact) mass is 383 g/mol. The normalized spacial score (nSPS) is 16.7. The molecular formula is C18H18ClN7O. The van der Waals surface area contributed by atoms with Gasteiger partial charge in [-0.15, -0.1) is 5.10 Å². The zero-order chi connectivity index (χ0) is 18.8. The summed E-state index contributed by atoms with van der Waals surface area (Å²) in [4.78, 5) is 20.8. The molecule has 0 aromatic carbocycles. The summed E-state index contributed by atoms with van der Waals surface area (Å²) < 4.78 is 1.83. The first-order chi connectivity index (χ1) is 13.2. The molecule has 0 bridgehead atoms. The van der Waals surface area contributed by atoms with Crippen LogP contribution in [0, 0.1) is 11.3 Å². The number of carbonyl (C=O) groups excluding carboxylic acids is 1. The van der Waals surface area contributed by atoms with Crippen molar-refractivity contribution in [2.75, 3.05) is 19.6 Å². The van der Waals surface area contributed by atoms with Crippen LogP contribution in [0.25, 0.3) is 5.57 Å². The molecule has 27 heavy (non-hydrogen) atoms. The van der Waals surface area contributed by atoms with Crippen molar-refractivity contribution in [3.05, 3.63) is 46.5 Å². The topological polar surface area (TPSA) is 90.9 Å². The Morgan fingerprint density at radius 1 is 1.11 bits per heavy atom. The number of pyridine rings is 1. The first-order valence-corrected chi connectivity index (χ1v) is 9.19. The van der Waals surface area contributed by atoms with Gasteiger partial charge >= 0.3 is 6.03 Å². The number of rotatable bonds is 1. The molecule has 2 aliphatic rings. The molecule has 2 aromatic rings. The average molecular weight is 384 g/mol. The van der Waals surface area contributed by atoms with Crippen LogP contribution < -0.4 is 0 Å². The van der Waals surface area contributed by atoms with Crippen LogP contribution in [0.5, 0.6) is 0 Å². The highest BCUT2D eigenvalue weighted by molar-refractivity contribution is 6.30. The highest BCUT2D eigenvalue weighted by Gasteiger charge is 2.28. The van der Waals surface area contributed by atoms with E-state index in [1.54, 1.807) is 24.5 Å². The zero-order valence-corrected chi connectivity index (χ0v) is 15.4. The van der Waals surface area contributed by atoms with Gasteiger partial charge < -0.3 is 9.80 Å². The predicted octanol–water partition coefficient (Wildman–Crippen LogP) is 2.34. The molecule has 4 rings (SSSR count). The summed E-state index contributed by atoms with van der Waals surface area (Å²) in [5, 5.41) is 18.0. The number of amides is 2. The van der Waals surface area contributed by atoms with Crippen LogP contribution in [-0.2, 0) is 13.1 Å². The fourth-order valence-electron chi connectivity index (χ4n) is 3.50. The smallest absolute Gasteiger partial charge is 0.320 e. The van der Waals surface area contributed by atoms with Crippen LogP contribution in [-0.4, -0.2) is 55.4 Å². The van der Waals surface area contributed by atoms with E-state index in [4.69, 9.17) is 11.6 Å². The minimum atomic E-state index is 0.0321. The van der Waals surface area contributed by atoms with Gasteiger partial charge in [0.25, 0.3) is 0 Å². The standard InChI is InChI=1S/C18H18ClN7O/c19-14-1-2-17(21-10-14)16(9-20)13-3-5-24(6-4-13)18(27)25-7-8-26-15(12-25)11-22-23-26/h1-2,10-11H,3-8,12H2. The Hall–Kier alpha value is -2.92. The summed E-state index contributed by atoms with van der Waals surface area (Å²) in [5.41, 5.74) is 3.21. The van der Waals surface area contributed by atoms with E-state index in [-0.39, 0.29) is 6.03 Å². The number of piperidine rings is 1. The number of fused-ring (bicyclic) bond motifs is 1. The van der Waals surface area contributed by atoms with Crippen LogP contribution in [0.2, 0.25) is 5.02 Å². The number of halogens is 1. The molecule has 0 N–H and O–H groups in total. The van der Waals surface area contributed by atoms with E-state index < -0.39 is 0 Å². The number of likely N-dealkylation sites (tertiary alicyclic amines) is 1. The fourth-order valence-corrected chi connectivity index (χ4v) is 3.61. The molecule has 0 spiro atoms. The van der Waals surface area contributed by atoms with E-state index in [1.165, 1.54) is 0 Å². The van der Waals surface area contributed by atoms with Gasteiger partial charge in [0.1, 0.15) is 6.07 Å². The van der Waals surface area contributed by atoms with Gasteiger partial charge in [0.05, 0.1) is 41.3 Å². The van der Waals surface area contributed by atoms with E-state index in [0.29, 0.717) is 61.9 Å². The molecule has 9 heteroatoms. The number of aromatic nitrogens is 4. The lowest BCUT2D eigenvalue weighted by molar-refractivity contribution is 0.136. The Balaban J connectivity index is 1.43. The third kappa shape index (κ3) is 3.51. The van der Waals surface area contributed by atoms with Gasteiger partial charge in [-0.3, -0.25) is 4.98 Å². The molecule has 2 amide bonds. The number of carbonyl (C=O) groups is 1. The Bertz CT molecular complexity index is 918. The quantitative estimate of drug-likeness (QED) is 0.705. The maximum absolute atomic E-state index is 12.8. The van der Waals surface area contributed by atoms with Gasteiger partial charge in [-0.05, 0) is 30.5 Å². The van der Waals surface area contributed by atoms with Crippen molar-refractivity contribution in [2.24, 2.45) is 0 Å². The molecule has 8 nitrogen and oxygen atoms in total. The minimum Gasteiger partial charge on any atom is -0.324 e. The van der Waals surface area contributed by atoms with Crippen molar-refractivity contribution < 1.29 is 4.79 Å². The summed E-state index contributed by atoms with van der Waals surface area (Å²) in [5.74, 6) is 0. The molecular weight excluding hydrogens is 366 g/mol. The molecule has 2 aromatic heterocycles. The second kappa shape index (κ2) is 7.37. The predicted molar refractivity (Wildman–Crippen MR) is 98.4 cm³/mol. The average Bonchev–Trinajstić information content (AvgIpc) is 3.18. The SMILES string of the molecule is N#CC(=C1CCN(C(=O)N2CCn3nncc3C2)CC1)c1ccc(Cl)cn1. The molecule has 0 aliphatic carbocycles. The van der Waals surface area contributed by atoms with Gasteiger partial charge in [0.15, 0.2) is 0 Å². The number of hydrogen-bond acceptors (Lipinski definition) is 5. The van der Waals surface area contributed by atoms with Crippen molar-refractivity contribution in [3.63, 3.8) is 0 Å². The number of nitrogens with zero attached hydrogens (tertiary/aromatic N) is 7. The van der Waals surface area contributed by atoms with E-state index in [0.717, 1.165) is 11.3 Å². The van der Waals surface area contributed by atoms with Crippen LogP contribution in [0.3, 0.4) is 0 Å². The highest BCUT2D eigenvalue weighted by atomic mass is 35.5. The van der Waals surface area contributed by atoms with Gasteiger partial charge in [-0.2, -0.15) is 5.26 Å². The minimum absolute atomic E-state index is 0.0321. The van der Waals surface area contributed by atoms with Gasteiger partial charge in [0.2, 0.25) is 0 Å². The van der Waals surface area contributed by atoms with Gasteiger partial charge in [-0.1, -0.05) is 16.8 Å². The lowest BCUT2D eigenvalue weighted by Crippen LogP contribution is -2.48. The molecule has 4 heterocycles. The number of nitriles is 1. The van der Waals surface area contributed by atoms with E-state index in [1.807, 2.05) is 14.5 Å². The van der Waals surface area contributed by atoms with Crippen molar-refractivity contribution in [3.8, 4) is 6.07 Å². The lowest BCUT2D eigenvalue weighted by Gasteiger charge is -2.35. The highest BCUT2D eigenvalue weighted by Crippen LogP contribution is 2.27. The van der Waals surface area contributed by atoms with Crippen LogP contribution in [0.15, 0.2) is 30.1 Å². The van der Waals surface area contributed by atoms with Crippen molar-refractivity contribution >= 4 is 23.2 Å². The molecule has 1 saturated heterocycles. The van der Waals surface area contributed by atoms with E-state index in [9.17, 15) is 10.1 Å². The molecule has 0 atom stereocenters. The Morgan fingerprint density at radius 2 is 1.93 bits per heavy atom. The molecule has 0 unspecified atom stereocenters. The van der Waals surface area contributed by atoms with Crippen molar-refractivity contribution in [2.45, 2.75) is 25.9 Å². The van der Waals surface area contributed by atoms with Crippen molar-refractivity contribution in [1.29, 1.82) is 5.26 Å². The van der Waals surface area contributed by atoms with E-state index >= 15 is 0 Å². The largest absolute Gasteiger partial charge is 0.324 e. The second-order valence-corrected chi connectivity index (χ2v) is 7.03. The first kappa shape index (κ1) is 17.5. The van der Waals surface area contributed by atoms with Crippen LogP contribution >= 0.6 is 11.6 Å². The third-order valence-corrected chi connectivity index (χ3v) is 5.21. The van der Waals surface area contributed by atoms with E-state index in [2.05, 4.69) is 21.4 Å². The number of hydrogen-bond donors (Lipinski definition) is 0. The molecule has 2 aliphatic heterocycles. The molecule has 0 radical (unpaired) electrons. The molecule has 0 saturated carbocycles. The Kier molecular flexibility index (Phi) is 4.77.